The van der Waals surface area contributed by atoms with Gasteiger partial charge in [0.1, 0.15) is 5.75 Å². The molecule has 0 spiro atoms. The lowest BCUT2D eigenvalue weighted by Crippen LogP contribution is -2.49. The molecule has 0 saturated heterocycles. The number of hydrogen-bond acceptors (Lipinski definition) is 3. The summed E-state index contributed by atoms with van der Waals surface area (Å²) in [6.45, 7) is 7.00. The van der Waals surface area contributed by atoms with Gasteiger partial charge in [0.15, 0.2) is 11.6 Å². The molecular weight excluding hydrogens is 329 g/mol. The first-order valence-corrected chi connectivity index (χ1v) is 7.93. The second-order valence-electron chi connectivity index (χ2n) is 6.55. The van der Waals surface area contributed by atoms with Gasteiger partial charge in [-0.25, -0.2) is 4.39 Å². The molecule has 0 atom stereocenters. The van der Waals surface area contributed by atoms with Gasteiger partial charge in [-0.15, -0.1) is 0 Å². The Morgan fingerprint density at radius 3 is 2.25 bits per heavy atom. The molecule has 2 aromatic rings. The van der Waals surface area contributed by atoms with Crippen molar-refractivity contribution in [1.29, 1.82) is 0 Å². The summed E-state index contributed by atoms with van der Waals surface area (Å²) < 4.78 is 24.8. The molecule has 0 saturated carbocycles. The highest BCUT2D eigenvalue weighted by atomic mass is 35.5. The van der Waals surface area contributed by atoms with Crippen molar-refractivity contribution in [2.75, 3.05) is 0 Å². The van der Waals surface area contributed by atoms with Crippen molar-refractivity contribution in [2.45, 2.75) is 38.9 Å². The van der Waals surface area contributed by atoms with Gasteiger partial charge in [-0.05, 0) is 52.0 Å². The summed E-state index contributed by atoms with van der Waals surface area (Å²) in [6, 6.07) is 11.1. The summed E-state index contributed by atoms with van der Waals surface area (Å²) in [5.41, 5.74) is -0.936. The monoisotopic (exact) mass is 349 g/mol. The van der Waals surface area contributed by atoms with Crippen molar-refractivity contribution in [2.24, 2.45) is 0 Å². The minimum atomic E-state index is -0.989. The molecule has 24 heavy (non-hydrogen) atoms. The summed E-state index contributed by atoms with van der Waals surface area (Å²) in [7, 11) is 1.57. The predicted molar refractivity (Wildman–Crippen MR) is 94.8 cm³/mol. The normalized spacial score (nSPS) is 12.1. The van der Waals surface area contributed by atoms with E-state index < -0.39 is 17.0 Å². The maximum Gasteiger partial charge on any atom is 0.330 e. The van der Waals surface area contributed by atoms with Gasteiger partial charge in [0.05, 0.1) is 11.2 Å². The molecule has 1 radical (unpaired) electrons. The van der Waals surface area contributed by atoms with E-state index >= 15 is 0 Å². The number of halogens is 2. The molecule has 0 aliphatic rings. The Labute approximate surface area is 147 Å². The Bertz CT molecular complexity index is 696. The number of hydrogen-bond donors (Lipinski definition) is 1. The molecule has 0 aliphatic carbocycles. The van der Waals surface area contributed by atoms with E-state index in [9.17, 15) is 9.50 Å². The molecule has 0 aromatic heterocycles. The predicted octanol–water partition coefficient (Wildman–Crippen LogP) is 4.08. The zero-order chi connectivity index (χ0) is 18.0. The molecule has 1 N–H and O–H groups in total. The van der Waals surface area contributed by atoms with E-state index in [0.29, 0.717) is 10.8 Å². The highest BCUT2D eigenvalue weighted by Crippen LogP contribution is 2.27. The van der Waals surface area contributed by atoms with Crippen molar-refractivity contribution >= 4 is 24.5 Å². The van der Waals surface area contributed by atoms with Crippen LogP contribution in [0.1, 0.15) is 27.7 Å². The highest BCUT2D eigenvalue weighted by molar-refractivity contribution is 6.47. The van der Waals surface area contributed by atoms with Crippen LogP contribution in [-0.2, 0) is 4.65 Å². The lowest BCUT2D eigenvalue weighted by Gasteiger charge is -2.37. The molecule has 0 unspecified atom stereocenters. The fourth-order valence-electron chi connectivity index (χ4n) is 1.66. The Kier molecular flexibility index (Phi) is 5.58. The molecule has 6 heteroatoms. The van der Waals surface area contributed by atoms with Crippen LogP contribution in [0.25, 0.3) is 0 Å². The van der Waals surface area contributed by atoms with E-state index in [1.54, 1.807) is 45.6 Å². The van der Waals surface area contributed by atoms with Gasteiger partial charge in [-0.3, -0.25) is 0 Å². The standard InChI is InChI=1S/C18H20BClFO3/c1-17(2,22)18(3,4)24-19-12-5-8-14(9-6-12)23-16-11-13(20)7-10-15(16)21/h5-11,22H,1-4H3. The van der Waals surface area contributed by atoms with E-state index in [-0.39, 0.29) is 5.75 Å². The maximum absolute atomic E-state index is 13.7. The van der Waals surface area contributed by atoms with Crippen LogP contribution in [-0.4, -0.2) is 23.8 Å². The number of ether oxygens (including phenoxy) is 1. The summed E-state index contributed by atoms with van der Waals surface area (Å²) in [6.07, 6.45) is 0. The minimum absolute atomic E-state index is 0.0682. The van der Waals surface area contributed by atoms with Crippen molar-refractivity contribution in [3.05, 3.63) is 53.3 Å². The molecule has 0 fully saturated rings. The van der Waals surface area contributed by atoms with Gasteiger partial charge in [0, 0.05) is 11.1 Å². The van der Waals surface area contributed by atoms with Crippen LogP contribution in [0.4, 0.5) is 4.39 Å². The Morgan fingerprint density at radius 2 is 1.67 bits per heavy atom. The highest BCUT2D eigenvalue weighted by Gasteiger charge is 2.35. The third kappa shape index (κ3) is 4.73. The first kappa shape index (κ1) is 18.8. The first-order chi connectivity index (χ1) is 11.1. The summed E-state index contributed by atoms with van der Waals surface area (Å²) >= 11 is 5.84. The topological polar surface area (TPSA) is 38.7 Å². The zero-order valence-electron chi connectivity index (χ0n) is 14.1. The van der Waals surface area contributed by atoms with E-state index in [0.717, 1.165) is 5.46 Å². The first-order valence-electron chi connectivity index (χ1n) is 7.55. The molecule has 0 heterocycles. The van der Waals surface area contributed by atoms with E-state index in [2.05, 4.69) is 0 Å². The van der Waals surface area contributed by atoms with Crippen molar-refractivity contribution in [3.8, 4) is 11.5 Å². The molecule has 2 rings (SSSR count). The van der Waals surface area contributed by atoms with Crippen LogP contribution in [0.15, 0.2) is 42.5 Å². The third-order valence-corrected chi connectivity index (χ3v) is 4.20. The molecule has 0 amide bonds. The van der Waals surface area contributed by atoms with Gasteiger partial charge in [0.25, 0.3) is 0 Å². The maximum atomic E-state index is 13.7. The molecule has 127 valence electrons. The summed E-state index contributed by atoms with van der Waals surface area (Å²) in [5.74, 6) is 0.0685. The van der Waals surface area contributed by atoms with Crippen molar-refractivity contribution in [1.82, 2.24) is 0 Å². The fraction of sp³-hybridized carbons (Fsp3) is 0.333. The van der Waals surface area contributed by atoms with Crippen LogP contribution in [0, 0.1) is 5.82 Å². The quantitative estimate of drug-likeness (QED) is 0.799. The molecule has 0 aliphatic heterocycles. The van der Waals surface area contributed by atoms with Crippen LogP contribution in [0.3, 0.4) is 0 Å². The Balaban J connectivity index is 2.02. The lowest BCUT2D eigenvalue weighted by atomic mass is 9.82. The molecule has 0 bridgehead atoms. The van der Waals surface area contributed by atoms with Crippen LogP contribution in [0.5, 0.6) is 11.5 Å². The molecule has 3 nitrogen and oxygen atoms in total. The SMILES string of the molecule is CC(C)(O)C(C)(C)O[B]c1ccc(Oc2cc(Cl)ccc2F)cc1. The summed E-state index contributed by atoms with van der Waals surface area (Å²) in [5, 5.41) is 10.5. The Hall–Kier alpha value is -1.56. The van der Waals surface area contributed by atoms with Gasteiger partial charge >= 0.3 is 7.48 Å². The average molecular weight is 350 g/mol. The van der Waals surface area contributed by atoms with E-state index in [4.69, 9.17) is 21.0 Å². The third-order valence-electron chi connectivity index (χ3n) is 3.96. The lowest BCUT2D eigenvalue weighted by molar-refractivity contribution is -0.0893. The van der Waals surface area contributed by atoms with Crippen LogP contribution >= 0.6 is 11.6 Å². The molecule has 2 aromatic carbocycles. The van der Waals surface area contributed by atoms with Gasteiger partial charge in [-0.1, -0.05) is 29.2 Å². The number of aliphatic hydroxyl groups is 1. The smallest absolute Gasteiger partial charge is 0.330 e. The zero-order valence-corrected chi connectivity index (χ0v) is 14.9. The van der Waals surface area contributed by atoms with Gasteiger partial charge in [0.2, 0.25) is 0 Å². The second-order valence-corrected chi connectivity index (χ2v) is 6.99. The van der Waals surface area contributed by atoms with Crippen LogP contribution in [0.2, 0.25) is 5.02 Å². The number of benzene rings is 2. The van der Waals surface area contributed by atoms with Crippen molar-refractivity contribution < 1.29 is 18.9 Å². The summed E-state index contributed by atoms with van der Waals surface area (Å²) in [4.78, 5) is 0. The van der Waals surface area contributed by atoms with E-state index in [1.807, 2.05) is 13.8 Å². The van der Waals surface area contributed by atoms with Gasteiger partial charge < -0.3 is 14.5 Å². The average Bonchev–Trinajstić information content (AvgIpc) is 2.49. The fourth-order valence-corrected chi connectivity index (χ4v) is 1.82. The largest absolute Gasteiger partial charge is 0.454 e. The van der Waals surface area contributed by atoms with E-state index in [1.165, 1.54) is 18.2 Å². The van der Waals surface area contributed by atoms with Gasteiger partial charge in [-0.2, -0.15) is 0 Å². The molecular formula is C18H20BClFO3. The number of rotatable bonds is 6. The van der Waals surface area contributed by atoms with Crippen molar-refractivity contribution in [3.63, 3.8) is 0 Å². The minimum Gasteiger partial charge on any atom is -0.454 e. The Morgan fingerprint density at radius 1 is 1.04 bits per heavy atom. The second kappa shape index (κ2) is 7.13. The van der Waals surface area contributed by atoms with Crippen LogP contribution < -0.4 is 10.2 Å².